The minimum absolute atomic E-state index is 0.0846. The molecule has 2 bridgehead atoms. The predicted molar refractivity (Wildman–Crippen MR) is 279 cm³/mol. The number of ether oxygens (including phenoxy) is 2. The molecule has 2 unspecified atom stereocenters. The fraction of sp³-hybridized carbons (Fsp3) is 0.411. The van der Waals surface area contributed by atoms with E-state index in [1.165, 1.54) is 57.1 Å². The molecule has 2 aromatic heterocycles. The van der Waals surface area contributed by atoms with Crippen LogP contribution in [0, 0.1) is 0 Å². The molecular weight excluding hydrogens is 898 g/mol. The van der Waals surface area contributed by atoms with Gasteiger partial charge in [0.05, 0.1) is 24.5 Å². The van der Waals surface area contributed by atoms with Crippen molar-refractivity contribution in [3.63, 3.8) is 0 Å². The maximum absolute atomic E-state index is 12.6. The first-order valence-electron chi connectivity index (χ1n) is 25.3. The van der Waals surface area contributed by atoms with Crippen molar-refractivity contribution in [3.05, 3.63) is 133 Å². The molecule has 3 aliphatic heterocycles. The third-order valence-electron chi connectivity index (χ3n) is 14.2. The molecule has 14 heteroatoms. The zero-order chi connectivity index (χ0) is 48.1. The number of halogens is 1. The Bertz CT molecular complexity index is 2570. The van der Waals surface area contributed by atoms with Crippen LogP contribution >= 0.6 is 11.6 Å². The van der Waals surface area contributed by atoms with Crippen LogP contribution in [0.2, 0.25) is 0 Å². The minimum Gasteiger partial charge on any atom is -0.507 e. The number of alkyl halides is 1. The number of anilines is 4. The summed E-state index contributed by atoms with van der Waals surface area (Å²) >= 11 is 5.93. The number of aromatic hydroxyl groups is 1. The number of phenolic OH excluding ortho intramolecular Hbond substituents is 1. The molecule has 366 valence electrons. The van der Waals surface area contributed by atoms with Crippen molar-refractivity contribution in [1.82, 2.24) is 25.1 Å². The van der Waals surface area contributed by atoms with E-state index in [0.29, 0.717) is 54.0 Å². The number of fused-ring (bicyclic) bond motifs is 2. The Hall–Kier alpha value is -6.44. The highest BCUT2D eigenvalue weighted by molar-refractivity contribution is 6.29. The third-order valence-corrected chi connectivity index (χ3v) is 14.4. The lowest BCUT2D eigenvalue weighted by Crippen LogP contribution is -2.54. The molecule has 6 aromatic rings. The van der Waals surface area contributed by atoms with Gasteiger partial charge in [-0.05, 0) is 142 Å². The van der Waals surface area contributed by atoms with Crippen molar-refractivity contribution in [3.8, 4) is 34.3 Å². The number of aromatic nitrogens is 4. The number of carbonyl (C=O) groups is 1. The number of piperazine rings is 1. The Morgan fingerprint density at radius 1 is 0.729 bits per heavy atom. The number of benzene rings is 4. The normalized spacial score (nSPS) is 17.2. The molecule has 5 heterocycles. The Labute approximate surface area is 417 Å². The number of phenols is 1. The number of nitrogens with zero attached hydrogens (tertiary/aromatic N) is 8. The third kappa shape index (κ3) is 12.5. The lowest BCUT2D eigenvalue weighted by Gasteiger charge is -2.42. The molecular formula is C56H66ClN9O4. The van der Waals surface area contributed by atoms with Crippen molar-refractivity contribution in [2.24, 2.45) is 0 Å². The Morgan fingerprint density at radius 3 is 2.01 bits per heavy atom. The van der Waals surface area contributed by atoms with Gasteiger partial charge in [0.15, 0.2) is 5.82 Å². The number of carbonyl (C=O) groups excluding carboxylic acids is 1. The van der Waals surface area contributed by atoms with Crippen LogP contribution in [0.3, 0.4) is 0 Å². The summed E-state index contributed by atoms with van der Waals surface area (Å²) in [5.41, 5.74) is 11.6. The fourth-order valence-corrected chi connectivity index (χ4v) is 10.5. The summed E-state index contributed by atoms with van der Waals surface area (Å²) in [6, 6.07) is 34.8. The highest BCUT2D eigenvalue weighted by Gasteiger charge is 2.42. The molecule has 3 N–H and O–H groups in total. The Kier molecular flexibility index (Phi) is 16.6. The Morgan fingerprint density at radius 2 is 1.34 bits per heavy atom. The average Bonchev–Trinajstić information content (AvgIpc) is 3.66. The van der Waals surface area contributed by atoms with Crippen LogP contribution in [0.15, 0.2) is 122 Å². The van der Waals surface area contributed by atoms with E-state index in [2.05, 4.69) is 37.3 Å². The van der Waals surface area contributed by atoms with Crippen LogP contribution < -0.4 is 29.9 Å². The molecule has 9 rings (SSSR count). The zero-order valence-corrected chi connectivity index (χ0v) is 40.9. The molecule has 4 aromatic carbocycles. The maximum atomic E-state index is 12.6. The van der Waals surface area contributed by atoms with Gasteiger partial charge in [-0.2, -0.15) is 0 Å². The monoisotopic (exact) mass is 963 g/mol. The first-order chi connectivity index (χ1) is 34.4. The lowest BCUT2D eigenvalue weighted by atomic mass is 9.91. The maximum Gasteiger partial charge on any atom is 0.242 e. The van der Waals surface area contributed by atoms with Crippen LogP contribution in [0.25, 0.3) is 11.3 Å². The number of hydrogen-bond acceptors (Lipinski definition) is 12. The van der Waals surface area contributed by atoms with Gasteiger partial charge in [-0.15, -0.1) is 21.8 Å². The molecule has 70 heavy (non-hydrogen) atoms. The van der Waals surface area contributed by atoms with E-state index in [-0.39, 0.29) is 17.5 Å². The summed E-state index contributed by atoms with van der Waals surface area (Å²) in [6.07, 6.45) is 18.6. The van der Waals surface area contributed by atoms with E-state index in [9.17, 15) is 9.90 Å². The minimum atomic E-state index is -0.151. The van der Waals surface area contributed by atoms with Crippen molar-refractivity contribution < 1.29 is 19.4 Å². The standard InChI is InChI=1S/C56H66ClN9O4/c57-35-54(68)65(38-41-14-8-7-9-15-41)44-20-22-48(23-21-44)70-49-26-24-47(25-27-49)69-33-13-6-4-2-1-3-5-12-30-63-31-28-42(29-32-63)43-36-59-56(60-37-43)66-45-18-19-46(66)40-64(39-45)52-34-51(61-62-55(52)58)50-16-10-11-17-53(50)67/h7-11,14-17,20-27,34,36-37,42,45-46,67H,1-6,12-13,18-19,28-33,35,38-40H2,(H2,58,62). The van der Waals surface area contributed by atoms with Gasteiger partial charge < -0.3 is 39.9 Å². The summed E-state index contributed by atoms with van der Waals surface area (Å²) < 4.78 is 12.1. The molecule has 3 saturated heterocycles. The second-order valence-corrected chi connectivity index (χ2v) is 19.3. The van der Waals surface area contributed by atoms with Gasteiger partial charge in [0.2, 0.25) is 11.9 Å². The molecule has 0 aliphatic carbocycles. The molecule has 1 amide bonds. The predicted octanol–water partition coefficient (Wildman–Crippen LogP) is 11.0. The van der Waals surface area contributed by atoms with Crippen LogP contribution in [0.5, 0.6) is 23.0 Å². The average molecular weight is 965 g/mol. The fourth-order valence-electron chi connectivity index (χ4n) is 10.3. The largest absolute Gasteiger partial charge is 0.507 e. The molecule has 0 saturated carbocycles. The van der Waals surface area contributed by atoms with Crippen LogP contribution in [0.1, 0.15) is 94.1 Å². The number of nitrogens with two attached hydrogens (primary N) is 1. The summed E-state index contributed by atoms with van der Waals surface area (Å²) in [5, 5.41) is 19.0. The summed E-state index contributed by atoms with van der Waals surface area (Å²) in [4.78, 5) is 31.6. The van der Waals surface area contributed by atoms with Gasteiger partial charge in [-0.25, -0.2) is 9.97 Å². The van der Waals surface area contributed by atoms with E-state index < -0.39 is 0 Å². The highest BCUT2D eigenvalue weighted by Crippen LogP contribution is 2.39. The van der Waals surface area contributed by atoms with Crippen LogP contribution in [0.4, 0.5) is 23.1 Å². The van der Waals surface area contributed by atoms with Crippen molar-refractivity contribution in [2.45, 2.75) is 102 Å². The topological polar surface area (TPSA) is 146 Å². The number of likely N-dealkylation sites (tertiary alicyclic amines) is 1. The number of nitrogen functional groups attached to an aromatic ring is 1. The van der Waals surface area contributed by atoms with Gasteiger partial charge in [-0.1, -0.05) is 81.0 Å². The van der Waals surface area contributed by atoms with E-state index in [1.54, 1.807) is 17.0 Å². The first-order valence-corrected chi connectivity index (χ1v) is 25.8. The SMILES string of the molecule is Nc1nnc(-c2ccccc2O)cc1N1CC2CCC(C1)N2c1ncc(C2CCN(CCCCCCCCCCOc3ccc(Oc4ccc(N(Cc5ccccc5)C(=O)CCl)cc4)cc3)CC2)cn1. The molecule has 2 atom stereocenters. The van der Waals surface area contributed by atoms with Crippen LogP contribution in [-0.2, 0) is 11.3 Å². The van der Waals surface area contributed by atoms with Gasteiger partial charge >= 0.3 is 0 Å². The molecule has 3 aliphatic rings. The van der Waals surface area contributed by atoms with Gasteiger partial charge in [0, 0.05) is 48.8 Å². The van der Waals surface area contributed by atoms with E-state index in [0.717, 1.165) is 92.7 Å². The zero-order valence-electron chi connectivity index (χ0n) is 40.1. The van der Waals surface area contributed by atoms with Gasteiger partial charge in [0.25, 0.3) is 0 Å². The summed E-state index contributed by atoms with van der Waals surface area (Å²) in [7, 11) is 0. The number of amides is 1. The molecule has 0 radical (unpaired) electrons. The smallest absolute Gasteiger partial charge is 0.242 e. The second-order valence-electron chi connectivity index (χ2n) is 19.0. The Balaban J connectivity index is 0.608. The quantitative estimate of drug-likeness (QED) is 0.0493. The highest BCUT2D eigenvalue weighted by atomic mass is 35.5. The number of rotatable bonds is 22. The van der Waals surface area contributed by atoms with E-state index >= 15 is 0 Å². The summed E-state index contributed by atoms with van der Waals surface area (Å²) in [6.45, 7) is 6.25. The van der Waals surface area contributed by atoms with E-state index in [4.69, 9.17) is 36.8 Å². The lowest BCUT2D eigenvalue weighted by molar-refractivity contribution is -0.116. The van der Waals surface area contributed by atoms with Gasteiger partial charge in [-0.3, -0.25) is 4.79 Å². The van der Waals surface area contributed by atoms with E-state index in [1.807, 2.05) is 97.1 Å². The molecule has 13 nitrogen and oxygen atoms in total. The van der Waals surface area contributed by atoms with Crippen LogP contribution in [-0.4, -0.2) is 93.4 Å². The molecule has 0 spiro atoms. The van der Waals surface area contributed by atoms with Gasteiger partial charge in [0.1, 0.15) is 28.9 Å². The number of para-hydroxylation sites is 1. The van der Waals surface area contributed by atoms with Crippen molar-refractivity contribution in [1.29, 1.82) is 0 Å². The second kappa shape index (κ2) is 23.9. The molecule has 3 fully saturated rings. The number of piperidine rings is 1. The first kappa shape index (κ1) is 48.6. The summed E-state index contributed by atoms with van der Waals surface area (Å²) in [5.74, 6) is 3.94. The number of unbranched alkanes of at least 4 members (excludes halogenated alkanes) is 7. The number of hydrogen-bond donors (Lipinski definition) is 2. The van der Waals surface area contributed by atoms with Crippen molar-refractivity contribution in [2.75, 3.05) is 65.6 Å². The van der Waals surface area contributed by atoms with Crippen molar-refractivity contribution >= 4 is 40.6 Å².